The van der Waals surface area contributed by atoms with Crippen LogP contribution >= 0.6 is 0 Å². The second-order valence-electron chi connectivity index (χ2n) is 4.11. The summed E-state index contributed by atoms with van der Waals surface area (Å²) < 4.78 is 23.8. The number of hydrogen-bond donors (Lipinski definition) is 1. The molecule has 0 bridgehead atoms. The van der Waals surface area contributed by atoms with E-state index in [9.17, 15) is 9.50 Å². The van der Waals surface area contributed by atoms with Crippen molar-refractivity contribution in [2.24, 2.45) is 0 Å². The highest BCUT2D eigenvalue weighted by Crippen LogP contribution is 2.47. The average Bonchev–Trinajstić information content (AvgIpc) is 3.00. The molecule has 4 heteroatoms. The molecular weight excluding hydrogens is 211 g/mol. The first-order valence-electron chi connectivity index (χ1n) is 5.19. The number of rotatable bonds is 4. The van der Waals surface area contributed by atoms with Crippen molar-refractivity contribution in [1.82, 2.24) is 0 Å². The quantitative estimate of drug-likeness (QED) is 0.853. The molecule has 3 nitrogen and oxygen atoms in total. The fraction of sp³-hybridized carbons (Fsp3) is 0.500. The van der Waals surface area contributed by atoms with E-state index in [4.69, 9.17) is 9.47 Å². The van der Waals surface area contributed by atoms with Gasteiger partial charge in [-0.3, -0.25) is 0 Å². The van der Waals surface area contributed by atoms with Crippen LogP contribution in [-0.4, -0.2) is 19.3 Å². The van der Waals surface area contributed by atoms with Gasteiger partial charge in [0.05, 0.1) is 19.3 Å². The van der Waals surface area contributed by atoms with Crippen molar-refractivity contribution in [3.8, 4) is 5.75 Å². The molecule has 1 aromatic carbocycles. The molecule has 1 aromatic rings. The number of halogens is 1. The second-order valence-corrected chi connectivity index (χ2v) is 4.11. The third-order valence-corrected chi connectivity index (χ3v) is 2.89. The van der Waals surface area contributed by atoms with Crippen molar-refractivity contribution in [2.75, 3.05) is 14.2 Å². The molecule has 0 amide bonds. The number of aliphatic hydroxyl groups is 1. The minimum absolute atomic E-state index is 0.340. The maximum absolute atomic E-state index is 13.7. The lowest BCUT2D eigenvalue weighted by molar-refractivity contribution is 0.145. The van der Waals surface area contributed by atoms with Crippen LogP contribution in [-0.2, 0) is 16.9 Å². The third-order valence-electron chi connectivity index (χ3n) is 2.89. The number of ether oxygens (including phenoxy) is 2. The molecule has 2 rings (SSSR count). The van der Waals surface area contributed by atoms with Gasteiger partial charge in [0.2, 0.25) is 0 Å². The Labute approximate surface area is 93.8 Å². The number of methoxy groups -OCH3 is 2. The fourth-order valence-electron chi connectivity index (χ4n) is 1.80. The highest BCUT2D eigenvalue weighted by molar-refractivity contribution is 5.41. The zero-order chi connectivity index (χ0) is 11.8. The summed E-state index contributed by atoms with van der Waals surface area (Å²) in [5, 5.41) is 9.92. The van der Waals surface area contributed by atoms with Crippen molar-refractivity contribution in [2.45, 2.75) is 25.0 Å². The summed E-state index contributed by atoms with van der Waals surface area (Å²) in [5.41, 5.74) is 0.126. The smallest absolute Gasteiger partial charge is 0.132 e. The Hall–Kier alpha value is -1.13. The Morgan fingerprint density at radius 2 is 2.06 bits per heavy atom. The van der Waals surface area contributed by atoms with E-state index in [1.54, 1.807) is 13.2 Å². The van der Waals surface area contributed by atoms with Crippen molar-refractivity contribution in [3.63, 3.8) is 0 Å². The SMILES string of the molecule is COCc1cc(C2(O)CC2)c(F)cc1OC. The van der Waals surface area contributed by atoms with Gasteiger partial charge in [-0.15, -0.1) is 0 Å². The lowest BCUT2D eigenvalue weighted by atomic mass is 10.0. The molecule has 1 fully saturated rings. The maximum atomic E-state index is 13.7. The first kappa shape index (κ1) is 11.4. The van der Waals surface area contributed by atoms with Gasteiger partial charge in [0.25, 0.3) is 0 Å². The highest BCUT2D eigenvalue weighted by atomic mass is 19.1. The van der Waals surface area contributed by atoms with Gasteiger partial charge in [0.1, 0.15) is 11.6 Å². The zero-order valence-corrected chi connectivity index (χ0v) is 9.42. The topological polar surface area (TPSA) is 38.7 Å². The molecule has 1 aliphatic rings. The lowest BCUT2D eigenvalue weighted by Crippen LogP contribution is -2.09. The Morgan fingerprint density at radius 3 is 2.56 bits per heavy atom. The molecule has 16 heavy (non-hydrogen) atoms. The van der Waals surface area contributed by atoms with Crippen LogP contribution in [0.4, 0.5) is 4.39 Å². The van der Waals surface area contributed by atoms with E-state index < -0.39 is 11.4 Å². The summed E-state index contributed by atoms with van der Waals surface area (Å²) >= 11 is 0. The summed E-state index contributed by atoms with van der Waals surface area (Å²) in [6.45, 7) is 0.340. The molecule has 1 N–H and O–H groups in total. The minimum atomic E-state index is -0.973. The van der Waals surface area contributed by atoms with E-state index in [1.165, 1.54) is 13.2 Å². The second kappa shape index (κ2) is 4.03. The van der Waals surface area contributed by atoms with Crippen LogP contribution in [0, 0.1) is 5.82 Å². The van der Waals surface area contributed by atoms with Crippen molar-refractivity contribution in [3.05, 3.63) is 29.1 Å². The van der Waals surface area contributed by atoms with Gasteiger partial charge in [-0.05, 0) is 18.9 Å². The molecule has 0 aromatic heterocycles. The van der Waals surface area contributed by atoms with Crippen LogP contribution in [0.2, 0.25) is 0 Å². The normalized spacial score (nSPS) is 17.2. The van der Waals surface area contributed by atoms with E-state index in [0.717, 1.165) is 5.56 Å². The van der Waals surface area contributed by atoms with Crippen molar-refractivity contribution < 1.29 is 19.0 Å². The number of hydrogen-bond acceptors (Lipinski definition) is 3. The van der Waals surface area contributed by atoms with Crippen LogP contribution in [0.1, 0.15) is 24.0 Å². The molecule has 0 radical (unpaired) electrons. The Morgan fingerprint density at radius 1 is 1.38 bits per heavy atom. The van der Waals surface area contributed by atoms with Crippen LogP contribution < -0.4 is 4.74 Å². The highest BCUT2D eigenvalue weighted by Gasteiger charge is 2.44. The summed E-state index contributed by atoms with van der Waals surface area (Å²) in [6, 6.07) is 2.94. The third kappa shape index (κ3) is 1.90. The lowest BCUT2D eigenvalue weighted by Gasteiger charge is -2.14. The van der Waals surface area contributed by atoms with Gasteiger partial charge < -0.3 is 14.6 Å². The van der Waals surface area contributed by atoms with Crippen molar-refractivity contribution in [1.29, 1.82) is 0 Å². The first-order valence-corrected chi connectivity index (χ1v) is 5.19. The molecule has 0 aliphatic heterocycles. The first-order chi connectivity index (χ1) is 7.60. The van der Waals surface area contributed by atoms with Crippen LogP contribution in [0.3, 0.4) is 0 Å². The molecule has 0 atom stereocenters. The van der Waals surface area contributed by atoms with Gasteiger partial charge in [0, 0.05) is 24.3 Å². The Bertz CT molecular complexity index is 399. The predicted molar refractivity (Wildman–Crippen MR) is 56.8 cm³/mol. The summed E-state index contributed by atoms with van der Waals surface area (Å²) in [6.07, 6.45) is 1.23. The molecule has 1 saturated carbocycles. The van der Waals surface area contributed by atoms with Crippen molar-refractivity contribution >= 4 is 0 Å². The van der Waals surface area contributed by atoms with E-state index in [2.05, 4.69) is 0 Å². The summed E-state index contributed by atoms with van der Waals surface area (Å²) in [4.78, 5) is 0. The zero-order valence-electron chi connectivity index (χ0n) is 9.42. The summed E-state index contributed by atoms with van der Waals surface area (Å²) in [7, 11) is 3.05. The van der Waals surface area contributed by atoms with Crippen LogP contribution in [0.5, 0.6) is 5.75 Å². The number of benzene rings is 1. The minimum Gasteiger partial charge on any atom is -0.496 e. The van der Waals surface area contributed by atoms with Crippen LogP contribution in [0.15, 0.2) is 12.1 Å². The van der Waals surface area contributed by atoms with E-state index in [-0.39, 0.29) is 0 Å². The largest absolute Gasteiger partial charge is 0.496 e. The molecular formula is C12H15FO3. The van der Waals surface area contributed by atoms with E-state index in [0.29, 0.717) is 30.8 Å². The molecule has 0 saturated heterocycles. The fourth-order valence-corrected chi connectivity index (χ4v) is 1.80. The van der Waals surface area contributed by atoms with E-state index in [1.807, 2.05) is 0 Å². The predicted octanol–water partition coefficient (Wildman–Crippen LogP) is 1.96. The summed E-state index contributed by atoms with van der Waals surface area (Å²) in [5.74, 6) is 0.0315. The monoisotopic (exact) mass is 226 g/mol. The standard InChI is InChI=1S/C12H15FO3/c1-15-7-8-5-9(12(14)3-4-12)10(13)6-11(8)16-2/h5-6,14H,3-4,7H2,1-2H3. The van der Waals surface area contributed by atoms with E-state index >= 15 is 0 Å². The maximum Gasteiger partial charge on any atom is 0.132 e. The van der Waals surface area contributed by atoms with Gasteiger partial charge in [-0.1, -0.05) is 0 Å². The molecule has 88 valence electrons. The molecule has 0 unspecified atom stereocenters. The van der Waals surface area contributed by atoms with Gasteiger partial charge in [0.15, 0.2) is 0 Å². The van der Waals surface area contributed by atoms with Gasteiger partial charge in [-0.25, -0.2) is 4.39 Å². The van der Waals surface area contributed by atoms with Gasteiger partial charge >= 0.3 is 0 Å². The average molecular weight is 226 g/mol. The Balaban J connectivity index is 2.43. The molecule has 0 heterocycles. The Kier molecular flexibility index (Phi) is 2.86. The van der Waals surface area contributed by atoms with Crippen LogP contribution in [0.25, 0.3) is 0 Å². The molecule has 0 spiro atoms. The van der Waals surface area contributed by atoms with Gasteiger partial charge in [-0.2, -0.15) is 0 Å². The molecule has 1 aliphatic carbocycles.